The fraction of sp³-hybridized carbons (Fsp3) is 0.765. The number of piperidine rings is 1. The lowest BCUT2D eigenvalue weighted by molar-refractivity contribution is -0.137. The van der Waals surface area contributed by atoms with Gasteiger partial charge in [-0.05, 0) is 34.6 Å². The molecule has 2 amide bonds. The molecule has 1 N–H and O–H groups in total. The number of nitrogens with zero attached hydrogens (tertiary/aromatic N) is 1. The monoisotopic (exact) mass is 392 g/mol. The number of nitrogens with one attached hydrogen (secondary N) is 1. The van der Waals surface area contributed by atoms with E-state index in [2.05, 4.69) is 5.32 Å². The van der Waals surface area contributed by atoms with Crippen molar-refractivity contribution in [3.8, 4) is 0 Å². The number of carbonyl (C=O) groups excluding carboxylic acids is 2. The van der Waals surface area contributed by atoms with Crippen LogP contribution < -0.4 is 5.32 Å². The maximum absolute atomic E-state index is 15.1. The van der Waals surface area contributed by atoms with Gasteiger partial charge in [0.2, 0.25) is 0 Å². The Morgan fingerprint density at radius 1 is 1.38 bits per heavy atom. The van der Waals surface area contributed by atoms with Crippen molar-refractivity contribution in [3.05, 3.63) is 11.5 Å². The van der Waals surface area contributed by atoms with Crippen LogP contribution in [-0.4, -0.2) is 61.5 Å². The molecule has 9 heteroatoms. The number of alkyl halides is 1. The molecule has 0 aromatic heterocycles. The zero-order valence-electron chi connectivity index (χ0n) is 16.2. The van der Waals surface area contributed by atoms with Crippen molar-refractivity contribution in [2.45, 2.75) is 70.8 Å². The van der Waals surface area contributed by atoms with E-state index in [4.69, 9.17) is 4.74 Å². The Morgan fingerprint density at radius 2 is 1.96 bits per heavy atom. The minimum Gasteiger partial charge on any atom is -0.444 e. The van der Waals surface area contributed by atoms with E-state index in [1.807, 2.05) is 0 Å². The maximum Gasteiger partial charge on any atom is 0.410 e. The van der Waals surface area contributed by atoms with Gasteiger partial charge in [-0.25, -0.2) is 17.6 Å². The molecule has 1 saturated heterocycles. The van der Waals surface area contributed by atoms with E-state index in [1.54, 1.807) is 34.6 Å². The van der Waals surface area contributed by atoms with E-state index in [-0.39, 0.29) is 19.4 Å². The van der Waals surface area contributed by atoms with Crippen molar-refractivity contribution in [1.29, 1.82) is 0 Å². The summed E-state index contributed by atoms with van der Waals surface area (Å²) in [6.45, 7) is 8.53. The largest absolute Gasteiger partial charge is 0.444 e. The molecule has 0 aliphatic carbocycles. The summed E-state index contributed by atoms with van der Waals surface area (Å²) in [4.78, 5) is 25.9. The van der Waals surface area contributed by atoms with E-state index in [0.29, 0.717) is 0 Å². The van der Waals surface area contributed by atoms with E-state index in [0.717, 1.165) is 11.7 Å². The first-order valence-electron chi connectivity index (χ1n) is 8.51. The Morgan fingerprint density at radius 3 is 2.42 bits per heavy atom. The topological polar surface area (TPSA) is 92.8 Å². The molecule has 0 bridgehead atoms. The number of halogens is 1. The van der Waals surface area contributed by atoms with Gasteiger partial charge in [0.25, 0.3) is 5.91 Å². The Bertz CT molecular complexity index is 671. The molecule has 0 saturated carbocycles. The van der Waals surface area contributed by atoms with E-state index in [1.165, 1.54) is 11.0 Å². The van der Waals surface area contributed by atoms with Crippen LogP contribution in [0.1, 0.15) is 47.5 Å². The molecule has 1 aliphatic heterocycles. The molecule has 0 unspecified atom stereocenters. The van der Waals surface area contributed by atoms with Crippen molar-refractivity contribution >= 4 is 21.8 Å². The first-order valence-corrected chi connectivity index (χ1v) is 10.5. The highest BCUT2D eigenvalue weighted by Crippen LogP contribution is 2.32. The number of hydrogen-bond donors (Lipinski definition) is 1. The van der Waals surface area contributed by atoms with Crippen LogP contribution in [0.5, 0.6) is 0 Å². The number of ether oxygens (including phenoxy) is 1. The minimum absolute atomic E-state index is 0.0631. The number of carbonyl (C=O) groups is 2. The fourth-order valence-corrected chi connectivity index (χ4v) is 3.16. The highest BCUT2D eigenvalue weighted by molar-refractivity contribution is 7.93. The third-order valence-electron chi connectivity index (χ3n) is 3.91. The van der Waals surface area contributed by atoms with Crippen molar-refractivity contribution < 1.29 is 27.1 Å². The van der Waals surface area contributed by atoms with Crippen molar-refractivity contribution in [2.24, 2.45) is 0 Å². The van der Waals surface area contributed by atoms with Gasteiger partial charge in [-0.1, -0.05) is 6.08 Å². The quantitative estimate of drug-likeness (QED) is 0.792. The third-order valence-corrected chi connectivity index (χ3v) is 4.56. The lowest BCUT2D eigenvalue weighted by Gasteiger charge is -2.40. The van der Waals surface area contributed by atoms with E-state index >= 15 is 4.39 Å². The van der Waals surface area contributed by atoms with Gasteiger partial charge in [-0.3, -0.25) is 4.79 Å². The molecule has 26 heavy (non-hydrogen) atoms. The second-order valence-electron chi connectivity index (χ2n) is 7.86. The van der Waals surface area contributed by atoms with Crippen LogP contribution in [-0.2, 0) is 19.4 Å². The Kier molecular flexibility index (Phi) is 6.84. The highest BCUT2D eigenvalue weighted by Gasteiger charge is 2.46. The zero-order valence-corrected chi connectivity index (χ0v) is 17.0. The number of rotatable bonds is 4. The zero-order chi connectivity index (χ0) is 20.3. The summed E-state index contributed by atoms with van der Waals surface area (Å²) in [6, 6.07) is -1.14. The molecule has 0 radical (unpaired) electrons. The second-order valence-corrected chi connectivity index (χ2v) is 9.79. The molecule has 0 aromatic carbocycles. The molecule has 0 aromatic rings. The molecular formula is C17H29FN2O5S. The SMILES string of the molecule is C[C@H](/C=C\S(C)(=O)=O)NC(=O)[C@]1(F)CCN(C(=O)OC(C)(C)C)[C@H](C)C1. The number of likely N-dealkylation sites (tertiary alicyclic amines) is 1. The molecule has 1 rings (SSSR count). The summed E-state index contributed by atoms with van der Waals surface area (Å²) >= 11 is 0. The average Bonchev–Trinajstić information content (AvgIpc) is 2.42. The summed E-state index contributed by atoms with van der Waals surface area (Å²) in [5, 5.41) is 3.43. The lowest BCUT2D eigenvalue weighted by Crippen LogP contribution is -2.57. The van der Waals surface area contributed by atoms with Gasteiger partial charge in [0.15, 0.2) is 15.5 Å². The summed E-state index contributed by atoms with van der Waals surface area (Å²) in [6.07, 6.45) is 1.49. The summed E-state index contributed by atoms with van der Waals surface area (Å²) in [7, 11) is -3.32. The third kappa shape index (κ3) is 6.93. The van der Waals surface area contributed by atoms with Crippen LogP contribution in [0.3, 0.4) is 0 Å². The van der Waals surface area contributed by atoms with Crippen LogP contribution in [0.2, 0.25) is 0 Å². The number of amides is 2. The van der Waals surface area contributed by atoms with Gasteiger partial charge in [0, 0.05) is 43.1 Å². The Labute approximate surface area is 154 Å². The predicted molar refractivity (Wildman–Crippen MR) is 97.1 cm³/mol. The van der Waals surface area contributed by atoms with Crippen LogP contribution in [0.25, 0.3) is 0 Å². The first kappa shape index (κ1) is 22.4. The molecule has 1 fully saturated rings. The van der Waals surface area contributed by atoms with Crippen LogP contribution in [0.15, 0.2) is 11.5 Å². The standard InChI is InChI=1S/C17H29FN2O5S/c1-12(7-10-26(6,23)24)19-14(21)17(18)8-9-20(13(2)11-17)15(22)25-16(3,4)5/h7,10,12-13H,8-9,11H2,1-6H3,(H,19,21)/b10-7-/t12-,13-,17+/m1/s1. The van der Waals surface area contributed by atoms with E-state index < -0.39 is 45.2 Å². The molecular weight excluding hydrogens is 363 g/mol. The smallest absolute Gasteiger partial charge is 0.410 e. The number of sulfone groups is 1. The summed E-state index contributed by atoms with van der Waals surface area (Å²) < 4.78 is 42.6. The molecule has 0 spiro atoms. The minimum atomic E-state index is -3.32. The van der Waals surface area contributed by atoms with Gasteiger partial charge < -0.3 is 15.0 Å². The Hall–Kier alpha value is -1.64. The predicted octanol–water partition coefficient (Wildman–Crippen LogP) is 2.18. The van der Waals surface area contributed by atoms with Crippen molar-refractivity contribution in [1.82, 2.24) is 10.2 Å². The first-order chi connectivity index (χ1) is 11.6. The molecule has 7 nitrogen and oxygen atoms in total. The van der Waals surface area contributed by atoms with Crippen molar-refractivity contribution in [2.75, 3.05) is 12.8 Å². The fourth-order valence-electron chi connectivity index (χ4n) is 2.64. The van der Waals surface area contributed by atoms with E-state index in [9.17, 15) is 18.0 Å². The molecule has 150 valence electrons. The van der Waals surface area contributed by atoms with Crippen LogP contribution in [0, 0.1) is 0 Å². The van der Waals surface area contributed by atoms with Gasteiger partial charge in [-0.2, -0.15) is 0 Å². The van der Waals surface area contributed by atoms with Crippen molar-refractivity contribution in [3.63, 3.8) is 0 Å². The highest BCUT2D eigenvalue weighted by atomic mass is 32.2. The maximum atomic E-state index is 15.1. The lowest BCUT2D eigenvalue weighted by atomic mass is 9.87. The van der Waals surface area contributed by atoms with Gasteiger partial charge in [-0.15, -0.1) is 0 Å². The normalized spacial score (nSPS) is 25.8. The van der Waals surface area contributed by atoms with Crippen LogP contribution >= 0.6 is 0 Å². The Balaban J connectivity index is 2.71. The van der Waals surface area contributed by atoms with Gasteiger partial charge in [0.05, 0.1) is 0 Å². The van der Waals surface area contributed by atoms with Gasteiger partial charge >= 0.3 is 6.09 Å². The summed E-state index contributed by atoms with van der Waals surface area (Å²) in [5.41, 5.74) is -2.77. The van der Waals surface area contributed by atoms with Crippen LogP contribution in [0.4, 0.5) is 9.18 Å². The molecule has 1 heterocycles. The van der Waals surface area contributed by atoms with Gasteiger partial charge in [0.1, 0.15) is 5.60 Å². The molecule has 3 atom stereocenters. The summed E-state index contributed by atoms with van der Waals surface area (Å²) in [5.74, 6) is -0.807. The second kappa shape index (κ2) is 7.94. The number of hydrogen-bond acceptors (Lipinski definition) is 5. The average molecular weight is 392 g/mol. The molecule has 1 aliphatic rings.